The predicted octanol–water partition coefficient (Wildman–Crippen LogP) is 1.88. The molecular formula is C39H52N8O6. The minimum Gasteiger partial charge on any atom is -0.493 e. The number of fused-ring (bicyclic) bond motifs is 1. The Morgan fingerprint density at radius 1 is 0.925 bits per heavy atom. The number of hydrogen-bond donors (Lipinski definition) is 6. The van der Waals surface area contributed by atoms with Gasteiger partial charge >= 0.3 is 0 Å². The molecule has 53 heavy (non-hydrogen) atoms. The molecule has 5 rings (SSSR count). The minimum absolute atomic E-state index is 0.0425. The summed E-state index contributed by atoms with van der Waals surface area (Å²) in [6.07, 6.45) is 6.13. The summed E-state index contributed by atoms with van der Waals surface area (Å²) in [7, 11) is 0. The van der Waals surface area contributed by atoms with Crippen molar-refractivity contribution < 1.29 is 28.7 Å². The molecule has 1 fully saturated rings. The highest BCUT2D eigenvalue weighted by atomic mass is 16.5. The van der Waals surface area contributed by atoms with Gasteiger partial charge in [0.1, 0.15) is 23.9 Å². The van der Waals surface area contributed by atoms with Gasteiger partial charge in [0, 0.05) is 43.9 Å². The maximum atomic E-state index is 13.9. The Hall–Kier alpha value is -5.24. The summed E-state index contributed by atoms with van der Waals surface area (Å²) in [5.41, 5.74) is 1.62. The molecule has 2 aromatic carbocycles. The lowest BCUT2D eigenvalue weighted by Gasteiger charge is -2.34. The third kappa shape index (κ3) is 11.9. The van der Waals surface area contributed by atoms with Gasteiger partial charge in [-0.15, -0.1) is 0 Å². The number of nitrogens with zero attached hydrogens (tertiary/aromatic N) is 2. The molecule has 3 atom stereocenters. The zero-order valence-corrected chi connectivity index (χ0v) is 30.6. The predicted molar refractivity (Wildman–Crippen MR) is 199 cm³/mol. The molecule has 14 nitrogen and oxygen atoms in total. The van der Waals surface area contributed by atoms with Crippen LogP contribution in [0.15, 0.2) is 67.1 Å². The van der Waals surface area contributed by atoms with Crippen LogP contribution in [0.4, 0.5) is 0 Å². The van der Waals surface area contributed by atoms with Gasteiger partial charge < -0.3 is 41.2 Å². The van der Waals surface area contributed by atoms with Crippen LogP contribution in [0.25, 0.3) is 0 Å². The van der Waals surface area contributed by atoms with E-state index >= 15 is 0 Å². The van der Waals surface area contributed by atoms with Crippen molar-refractivity contribution in [2.45, 2.75) is 83.0 Å². The number of carbonyl (C=O) groups excluding carboxylic acids is 5. The first kappa shape index (κ1) is 39.0. The molecule has 0 aliphatic carbocycles. The van der Waals surface area contributed by atoms with Crippen molar-refractivity contribution in [3.63, 3.8) is 0 Å². The van der Waals surface area contributed by atoms with E-state index in [1.807, 2.05) is 30.3 Å². The topological polar surface area (TPSA) is 187 Å². The number of ether oxygens (including phenoxy) is 1. The van der Waals surface area contributed by atoms with Crippen LogP contribution in [-0.2, 0) is 32.0 Å². The lowest BCUT2D eigenvalue weighted by atomic mass is 9.93. The van der Waals surface area contributed by atoms with E-state index in [1.54, 1.807) is 30.5 Å². The zero-order chi connectivity index (χ0) is 37.6. The van der Waals surface area contributed by atoms with Gasteiger partial charge in [0.05, 0.1) is 24.9 Å². The number of amides is 5. The second-order valence-electron chi connectivity index (χ2n) is 14.0. The van der Waals surface area contributed by atoms with E-state index in [1.165, 1.54) is 6.33 Å². The van der Waals surface area contributed by atoms with Crippen molar-refractivity contribution in [3.8, 4) is 5.75 Å². The van der Waals surface area contributed by atoms with Gasteiger partial charge in [-0.25, -0.2) is 4.98 Å². The largest absolute Gasteiger partial charge is 0.493 e. The third-order valence-electron chi connectivity index (χ3n) is 9.80. The van der Waals surface area contributed by atoms with E-state index < -0.39 is 54.1 Å². The molecule has 1 aromatic heterocycles. The van der Waals surface area contributed by atoms with Crippen LogP contribution in [0.2, 0.25) is 0 Å². The summed E-state index contributed by atoms with van der Waals surface area (Å²) in [6, 6.07) is 13.2. The monoisotopic (exact) mass is 728 g/mol. The van der Waals surface area contributed by atoms with Crippen LogP contribution >= 0.6 is 0 Å². The highest BCUT2D eigenvalue weighted by Crippen LogP contribution is 2.22. The molecule has 0 saturated carbocycles. The molecule has 14 heteroatoms. The number of aromatic nitrogens is 2. The van der Waals surface area contributed by atoms with Gasteiger partial charge in [-0.2, -0.15) is 0 Å². The Labute approximate surface area is 310 Å². The molecule has 2 aliphatic heterocycles. The second-order valence-corrected chi connectivity index (χ2v) is 14.0. The molecule has 0 spiro atoms. The molecule has 2 aliphatic rings. The van der Waals surface area contributed by atoms with E-state index in [0.717, 1.165) is 37.9 Å². The Kier molecular flexibility index (Phi) is 14.4. The summed E-state index contributed by atoms with van der Waals surface area (Å²) in [6.45, 7) is 7.26. The van der Waals surface area contributed by atoms with Gasteiger partial charge in [-0.05, 0) is 76.2 Å². The Morgan fingerprint density at radius 2 is 1.66 bits per heavy atom. The number of benzene rings is 2. The fourth-order valence-electron chi connectivity index (χ4n) is 6.69. The van der Waals surface area contributed by atoms with Gasteiger partial charge in [0.2, 0.25) is 23.6 Å². The summed E-state index contributed by atoms with van der Waals surface area (Å²) in [4.78, 5) is 77.8. The van der Waals surface area contributed by atoms with Crippen LogP contribution < -0.4 is 31.3 Å². The second kappa shape index (κ2) is 19.6. The van der Waals surface area contributed by atoms with Crippen molar-refractivity contribution in [3.05, 3.63) is 83.9 Å². The molecule has 5 amide bonds. The first-order valence-corrected chi connectivity index (χ1v) is 18.6. The fourth-order valence-corrected chi connectivity index (χ4v) is 6.69. The van der Waals surface area contributed by atoms with Crippen molar-refractivity contribution >= 4 is 29.5 Å². The molecule has 1 saturated heterocycles. The summed E-state index contributed by atoms with van der Waals surface area (Å²) >= 11 is 0. The van der Waals surface area contributed by atoms with Gasteiger partial charge in [0.15, 0.2) is 0 Å². The number of likely N-dealkylation sites (tertiary alicyclic amines) is 1. The lowest BCUT2D eigenvalue weighted by molar-refractivity contribution is -0.133. The van der Waals surface area contributed by atoms with Crippen molar-refractivity contribution in [1.82, 2.24) is 41.5 Å². The smallest absolute Gasteiger partial charge is 0.255 e. The number of hydrogen-bond acceptors (Lipinski definition) is 8. The van der Waals surface area contributed by atoms with Gasteiger partial charge in [-0.1, -0.05) is 42.5 Å². The number of H-pyrrole nitrogens is 1. The minimum atomic E-state index is -1.25. The van der Waals surface area contributed by atoms with Crippen LogP contribution in [-0.4, -0.2) is 101 Å². The highest BCUT2D eigenvalue weighted by molar-refractivity contribution is 6.01. The molecule has 6 N–H and O–H groups in total. The number of rotatable bonds is 9. The average Bonchev–Trinajstić information content (AvgIpc) is 3.67. The quantitative estimate of drug-likeness (QED) is 0.193. The molecule has 0 unspecified atom stereocenters. The van der Waals surface area contributed by atoms with E-state index in [9.17, 15) is 24.0 Å². The maximum absolute atomic E-state index is 13.9. The standard InChI is InChI=1S/C39H52N8O6/c1-26(2)47-18-14-27(15-19-47)13-17-42-38(51)33-23-35(48)44-32(22-29-24-40-25-43-29)39(52)46-31(21-28-9-4-3-5-10-28)37(50)41-16-8-20-53-34-12-7-6-11-30(34)36(49)45-33/h3-7,9-12,24-27,31-33H,8,13-23H2,1-2H3,(H,40,43)(H,41,50)(H,42,51)(H,44,48)(H,45,49)(H,46,52)/t31-,32-,33-/m0/s1. The van der Waals surface area contributed by atoms with Crippen molar-refractivity contribution in [2.24, 2.45) is 5.92 Å². The number of imidazole rings is 1. The van der Waals surface area contributed by atoms with E-state index in [4.69, 9.17) is 4.74 Å². The Balaban J connectivity index is 1.35. The summed E-state index contributed by atoms with van der Waals surface area (Å²) < 4.78 is 5.94. The molecule has 3 aromatic rings. The van der Waals surface area contributed by atoms with Crippen LogP contribution in [0.3, 0.4) is 0 Å². The van der Waals surface area contributed by atoms with Crippen molar-refractivity contribution in [2.75, 3.05) is 32.8 Å². The van der Waals surface area contributed by atoms with E-state index in [-0.39, 0.29) is 31.6 Å². The molecule has 0 radical (unpaired) electrons. The van der Waals surface area contributed by atoms with Crippen molar-refractivity contribution in [1.29, 1.82) is 0 Å². The molecule has 284 valence electrons. The fraction of sp³-hybridized carbons (Fsp3) is 0.487. The van der Waals surface area contributed by atoms with E-state index in [0.29, 0.717) is 36.4 Å². The normalized spacial score (nSPS) is 21.5. The molecule has 3 heterocycles. The number of para-hydroxylation sites is 1. The summed E-state index contributed by atoms with van der Waals surface area (Å²) in [5.74, 6) is -1.93. The molecule has 0 bridgehead atoms. The lowest BCUT2D eigenvalue weighted by Crippen LogP contribution is -2.56. The van der Waals surface area contributed by atoms with Crippen LogP contribution in [0.1, 0.15) is 67.6 Å². The van der Waals surface area contributed by atoms with Crippen LogP contribution in [0, 0.1) is 5.92 Å². The SMILES string of the molecule is CC(C)N1CCC(CCNC(=O)[C@@H]2CC(=O)N[C@@H](Cc3cnc[nH]3)C(=O)N[C@@H](Cc3ccccc3)C(=O)NCCCOc3ccccc3C(=O)N2)CC1. The number of carbonyl (C=O) groups is 5. The maximum Gasteiger partial charge on any atom is 0.255 e. The first-order valence-electron chi connectivity index (χ1n) is 18.6. The average molecular weight is 729 g/mol. The van der Waals surface area contributed by atoms with Crippen LogP contribution in [0.5, 0.6) is 5.75 Å². The number of piperidine rings is 1. The summed E-state index contributed by atoms with van der Waals surface area (Å²) in [5, 5.41) is 14.2. The Morgan fingerprint density at radius 3 is 2.40 bits per heavy atom. The highest BCUT2D eigenvalue weighted by Gasteiger charge is 2.31. The zero-order valence-electron chi connectivity index (χ0n) is 30.6. The number of nitrogens with one attached hydrogen (secondary N) is 6. The van der Waals surface area contributed by atoms with Gasteiger partial charge in [0.25, 0.3) is 5.91 Å². The van der Waals surface area contributed by atoms with Gasteiger partial charge in [-0.3, -0.25) is 24.0 Å². The van der Waals surface area contributed by atoms with E-state index in [2.05, 4.69) is 55.3 Å². The third-order valence-corrected chi connectivity index (χ3v) is 9.80. The Bertz CT molecular complexity index is 1660. The number of aromatic amines is 1. The molecular weight excluding hydrogens is 676 g/mol. The first-order chi connectivity index (χ1) is 25.7.